The van der Waals surface area contributed by atoms with Crippen LogP contribution < -0.4 is 10.0 Å². The van der Waals surface area contributed by atoms with Gasteiger partial charge in [0.2, 0.25) is 10.0 Å². The molecule has 0 amide bonds. The molecule has 2 N–H and O–H groups in total. The number of aromatic nitrogens is 2. The van der Waals surface area contributed by atoms with Gasteiger partial charge in [0.15, 0.2) is 0 Å². The van der Waals surface area contributed by atoms with Gasteiger partial charge in [-0.1, -0.05) is 0 Å². The molecule has 3 rings (SSSR count). The lowest BCUT2D eigenvalue weighted by Crippen LogP contribution is -2.41. The topological polar surface area (TPSA) is 85.2 Å². The van der Waals surface area contributed by atoms with Crippen molar-refractivity contribution >= 4 is 10.0 Å². The highest BCUT2D eigenvalue weighted by molar-refractivity contribution is 7.89. The second kappa shape index (κ2) is 6.04. The van der Waals surface area contributed by atoms with E-state index < -0.39 is 10.0 Å². The molecule has 118 valence electrons. The van der Waals surface area contributed by atoms with E-state index in [0.717, 1.165) is 32.2 Å². The van der Waals surface area contributed by atoms with Crippen molar-refractivity contribution in [2.75, 3.05) is 13.6 Å². The number of fused-ring (bicyclic) bond motifs is 2. The summed E-state index contributed by atoms with van der Waals surface area (Å²) in [7, 11) is -1.62. The van der Waals surface area contributed by atoms with Crippen LogP contribution in [0.5, 0.6) is 0 Å². The quantitative estimate of drug-likeness (QED) is 0.697. The van der Waals surface area contributed by atoms with Crippen molar-refractivity contribution in [1.82, 2.24) is 19.8 Å². The Morgan fingerprint density at radius 3 is 3.00 bits per heavy atom. The molecule has 7 nitrogen and oxygen atoms in total. The predicted octanol–water partition coefficient (Wildman–Crippen LogP) is 0.0908. The van der Waals surface area contributed by atoms with Crippen molar-refractivity contribution < 1.29 is 13.2 Å². The lowest BCUT2D eigenvalue weighted by Gasteiger charge is -2.19. The smallest absolute Gasteiger partial charge is 0.244 e. The van der Waals surface area contributed by atoms with Crippen LogP contribution in [0.4, 0.5) is 0 Å². The molecule has 21 heavy (non-hydrogen) atoms. The number of hydrogen-bond acceptors (Lipinski definition) is 5. The van der Waals surface area contributed by atoms with Crippen molar-refractivity contribution in [1.29, 1.82) is 0 Å². The summed E-state index contributed by atoms with van der Waals surface area (Å²) in [5, 5.41) is 7.17. The first-order valence-electron chi connectivity index (χ1n) is 7.43. The van der Waals surface area contributed by atoms with Crippen LogP contribution in [-0.4, -0.2) is 50.0 Å². The maximum Gasteiger partial charge on any atom is 0.244 e. The van der Waals surface area contributed by atoms with Gasteiger partial charge in [0.1, 0.15) is 4.90 Å². The highest BCUT2D eigenvalue weighted by Gasteiger charge is 2.42. The van der Waals surface area contributed by atoms with Gasteiger partial charge in [-0.2, -0.15) is 5.10 Å². The maximum atomic E-state index is 12.4. The van der Waals surface area contributed by atoms with Crippen LogP contribution in [0.25, 0.3) is 0 Å². The molecule has 0 aliphatic carbocycles. The summed E-state index contributed by atoms with van der Waals surface area (Å²) in [6.45, 7) is 1.58. The molecular formula is C13H22N4O3S. The van der Waals surface area contributed by atoms with Crippen LogP contribution in [0.1, 0.15) is 25.7 Å². The molecule has 8 heteroatoms. The molecule has 0 saturated carbocycles. The first kappa shape index (κ1) is 15.0. The van der Waals surface area contributed by atoms with Gasteiger partial charge < -0.3 is 10.1 Å². The zero-order valence-corrected chi connectivity index (χ0v) is 13.0. The summed E-state index contributed by atoms with van der Waals surface area (Å²) in [5.41, 5.74) is 0. The van der Waals surface area contributed by atoms with Gasteiger partial charge in [-0.15, -0.1) is 0 Å². The van der Waals surface area contributed by atoms with Crippen LogP contribution in [0.2, 0.25) is 0 Å². The summed E-state index contributed by atoms with van der Waals surface area (Å²) in [4.78, 5) is 0.231. The molecule has 1 aromatic rings. The van der Waals surface area contributed by atoms with Crippen LogP contribution in [0.3, 0.4) is 0 Å². The summed E-state index contributed by atoms with van der Waals surface area (Å²) >= 11 is 0. The third kappa shape index (κ3) is 3.28. The largest absolute Gasteiger partial charge is 0.373 e. The van der Waals surface area contributed by atoms with Crippen molar-refractivity contribution in [3.63, 3.8) is 0 Å². The van der Waals surface area contributed by atoms with Gasteiger partial charge in [0.25, 0.3) is 0 Å². The van der Waals surface area contributed by atoms with Crippen molar-refractivity contribution in [2.45, 2.75) is 55.4 Å². The monoisotopic (exact) mass is 314 g/mol. The lowest BCUT2D eigenvalue weighted by atomic mass is 9.96. The summed E-state index contributed by atoms with van der Waals surface area (Å²) < 4.78 is 34.9. The van der Waals surface area contributed by atoms with E-state index in [2.05, 4.69) is 15.1 Å². The lowest BCUT2D eigenvalue weighted by molar-refractivity contribution is 0.0996. The Bertz CT molecular complexity index is 586. The van der Waals surface area contributed by atoms with Crippen molar-refractivity contribution in [2.24, 2.45) is 0 Å². The zero-order chi connectivity index (χ0) is 14.9. The molecule has 3 atom stereocenters. The van der Waals surface area contributed by atoms with Gasteiger partial charge in [-0.25, -0.2) is 13.1 Å². The molecule has 0 spiro atoms. The van der Waals surface area contributed by atoms with Gasteiger partial charge in [0, 0.05) is 12.7 Å². The molecule has 2 fully saturated rings. The Balaban J connectivity index is 1.62. The third-order valence-corrected chi connectivity index (χ3v) is 5.59. The molecular weight excluding hydrogens is 292 g/mol. The Hall–Kier alpha value is -0.960. The SMILES string of the molecule is CNCCCn1cc(S(=O)(=O)NC2CC3CCC2O3)cn1. The van der Waals surface area contributed by atoms with E-state index in [4.69, 9.17) is 4.74 Å². The van der Waals surface area contributed by atoms with E-state index in [9.17, 15) is 8.42 Å². The Morgan fingerprint density at radius 2 is 2.33 bits per heavy atom. The number of nitrogens with one attached hydrogen (secondary N) is 2. The normalized spacial score (nSPS) is 28.3. The van der Waals surface area contributed by atoms with Gasteiger partial charge in [-0.3, -0.25) is 4.68 Å². The first-order valence-corrected chi connectivity index (χ1v) is 8.91. The van der Waals surface area contributed by atoms with E-state index in [-0.39, 0.29) is 23.1 Å². The van der Waals surface area contributed by atoms with Gasteiger partial charge in [0.05, 0.1) is 24.4 Å². The van der Waals surface area contributed by atoms with E-state index in [0.29, 0.717) is 6.54 Å². The minimum Gasteiger partial charge on any atom is -0.373 e. The standard InChI is InChI=1S/C13H22N4O3S/c1-14-5-2-6-17-9-11(8-15-17)21(18,19)16-12-7-10-3-4-13(12)20-10/h8-10,12-14,16H,2-7H2,1H3. The molecule has 2 saturated heterocycles. The molecule has 3 heterocycles. The molecule has 2 aliphatic rings. The molecule has 0 radical (unpaired) electrons. The average Bonchev–Trinajstić information content (AvgIpc) is 3.13. The number of aryl methyl sites for hydroxylation is 1. The predicted molar refractivity (Wildman–Crippen MR) is 77.4 cm³/mol. The highest BCUT2D eigenvalue weighted by atomic mass is 32.2. The minimum absolute atomic E-state index is 0.0375. The van der Waals surface area contributed by atoms with Crippen molar-refractivity contribution in [3.05, 3.63) is 12.4 Å². The van der Waals surface area contributed by atoms with Crippen LogP contribution in [0.15, 0.2) is 17.3 Å². The van der Waals surface area contributed by atoms with Crippen LogP contribution in [-0.2, 0) is 21.3 Å². The second-order valence-corrected chi connectivity index (χ2v) is 7.45. The summed E-state index contributed by atoms with van der Waals surface area (Å²) in [6.07, 6.45) is 6.95. The van der Waals surface area contributed by atoms with Crippen molar-refractivity contribution in [3.8, 4) is 0 Å². The summed E-state index contributed by atoms with van der Waals surface area (Å²) in [5.74, 6) is 0. The average molecular weight is 314 g/mol. The van der Waals surface area contributed by atoms with E-state index >= 15 is 0 Å². The fourth-order valence-electron chi connectivity index (χ4n) is 3.05. The summed E-state index contributed by atoms with van der Waals surface area (Å²) in [6, 6.07) is -0.0959. The van der Waals surface area contributed by atoms with Crippen LogP contribution >= 0.6 is 0 Å². The molecule has 3 unspecified atom stereocenters. The Morgan fingerprint density at radius 1 is 1.48 bits per heavy atom. The Kier molecular flexibility index (Phi) is 4.30. The minimum atomic E-state index is -3.50. The number of hydrogen-bond donors (Lipinski definition) is 2. The van der Waals surface area contributed by atoms with E-state index in [1.54, 1.807) is 10.9 Å². The molecule has 0 aromatic carbocycles. The number of sulfonamides is 1. The molecule has 1 aromatic heterocycles. The van der Waals surface area contributed by atoms with E-state index in [1.165, 1.54) is 6.20 Å². The van der Waals surface area contributed by atoms with E-state index in [1.807, 2.05) is 7.05 Å². The maximum absolute atomic E-state index is 12.4. The number of nitrogens with zero attached hydrogens (tertiary/aromatic N) is 2. The fraction of sp³-hybridized carbons (Fsp3) is 0.769. The first-order chi connectivity index (χ1) is 10.1. The van der Waals surface area contributed by atoms with Gasteiger partial charge >= 0.3 is 0 Å². The second-order valence-electron chi connectivity index (χ2n) is 5.73. The molecule has 2 bridgehead atoms. The van der Waals surface area contributed by atoms with Gasteiger partial charge in [-0.05, 0) is 39.3 Å². The molecule has 2 aliphatic heterocycles. The zero-order valence-electron chi connectivity index (χ0n) is 12.2. The highest BCUT2D eigenvalue weighted by Crippen LogP contribution is 2.34. The fourth-order valence-corrected chi connectivity index (χ4v) is 4.28. The third-order valence-electron chi connectivity index (χ3n) is 4.15. The van der Waals surface area contributed by atoms with Crippen LogP contribution in [0, 0.1) is 0 Å². The number of ether oxygens (including phenoxy) is 1. The Labute approximate surface area is 125 Å². The number of rotatable bonds is 7.